The standard InChI is InChI=1S/C43H55N15O6/c1-9-56-31(17-24(3)51-56)39(61)49-41-47-29-19-26(37(44)59)21-33(63-16-12-14-46-43(53(5)6)54(7)8)35(29)55(41)15-11-13-28-23-64-34-22-27(38(45)60)20-30-36(34)58(28)42(48-30)50-40(62)32-18-25(4)52-57(32)10-2/h17-22,28H,9-16,23H2,1-8H3,(H2,44,59)(H2,45,60)(H,47,49,61)(H,48,50,62)/t28-/m0/s1. The molecular formula is C43H55N15O6. The van der Waals surface area contributed by atoms with Crippen LogP contribution in [0, 0.1) is 13.8 Å². The third-order valence-electron chi connectivity index (χ3n) is 10.8. The van der Waals surface area contributed by atoms with E-state index in [2.05, 4.69) is 20.8 Å². The monoisotopic (exact) mass is 877 g/mol. The molecule has 7 rings (SSSR count). The number of guanidine groups is 1. The highest BCUT2D eigenvalue weighted by Crippen LogP contribution is 2.39. The summed E-state index contributed by atoms with van der Waals surface area (Å²) in [6.07, 6.45) is 1.57. The molecule has 0 saturated carbocycles. The Labute approximate surface area is 369 Å². The summed E-state index contributed by atoms with van der Waals surface area (Å²) in [6, 6.07) is 9.41. The van der Waals surface area contributed by atoms with Gasteiger partial charge in [0, 0.05) is 71.9 Å². The Balaban J connectivity index is 1.23. The van der Waals surface area contributed by atoms with Crippen LogP contribution in [-0.4, -0.2) is 126 Å². The molecule has 0 aliphatic carbocycles. The average Bonchev–Trinajstić information content (AvgIpc) is 4.02. The van der Waals surface area contributed by atoms with Gasteiger partial charge in [0.05, 0.1) is 35.1 Å². The summed E-state index contributed by atoms with van der Waals surface area (Å²) in [5.41, 5.74) is 16.0. The predicted octanol–water partition coefficient (Wildman–Crippen LogP) is 3.80. The maximum absolute atomic E-state index is 13.9. The van der Waals surface area contributed by atoms with Crippen molar-refractivity contribution in [1.29, 1.82) is 0 Å². The molecule has 0 fully saturated rings. The van der Waals surface area contributed by atoms with E-state index in [-0.39, 0.29) is 42.3 Å². The highest BCUT2D eigenvalue weighted by Gasteiger charge is 2.30. The van der Waals surface area contributed by atoms with Crippen LogP contribution in [0.15, 0.2) is 41.4 Å². The fourth-order valence-electron chi connectivity index (χ4n) is 8.02. The molecular weight excluding hydrogens is 823 g/mol. The maximum atomic E-state index is 13.9. The third-order valence-corrected chi connectivity index (χ3v) is 10.8. The van der Waals surface area contributed by atoms with Gasteiger partial charge >= 0.3 is 0 Å². The van der Waals surface area contributed by atoms with Crippen molar-refractivity contribution in [2.75, 3.05) is 58.6 Å². The first kappa shape index (κ1) is 44.6. The number of fused-ring (bicyclic) bond motifs is 1. The molecule has 0 spiro atoms. The van der Waals surface area contributed by atoms with E-state index in [9.17, 15) is 19.2 Å². The van der Waals surface area contributed by atoms with Gasteiger partial charge in [0.15, 0.2) is 5.96 Å². The van der Waals surface area contributed by atoms with E-state index >= 15 is 0 Å². The van der Waals surface area contributed by atoms with Gasteiger partial charge in [-0.25, -0.2) is 9.97 Å². The lowest BCUT2D eigenvalue weighted by molar-refractivity contribution is 0.0991. The highest BCUT2D eigenvalue weighted by molar-refractivity contribution is 6.05. The van der Waals surface area contributed by atoms with Gasteiger partial charge < -0.3 is 39.9 Å². The van der Waals surface area contributed by atoms with Gasteiger partial charge in [-0.3, -0.25) is 44.2 Å². The Hall–Kier alpha value is -7.45. The van der Waals surface area contributed by atoms with Gasteiger partial charge in [-0.1, -0.05) is 0 Å². The summed E-state index contributed by atoms with van der Waals surface area (Å²) in [6.45, 7) is 9.65. The number of aliphatic imine (C=N–C) groups is 1. The largest absolute Gasteiger partial charge is 0.491 e. The van der Waals surface area contributed by atoms with Gasteiger partial charge in [0.25, 0.3) is 11.8 Å². The number of aromatic nitrogens is 8. The number of carbonyl (C=O) groups excluding carboxylic acids is 4. The van der Waals surface area contributed by atoms with Crippen molar-refractivity contribution >= 4 is 63.6 Å². The minimum atomic E-state index is -0.662. The molecule has 0 radical (unpaired) electrons. The van der Waals surface area contributed by atoms with Gasteiger partial charge in [-0.05, 0) is 76.9 Å². The predicted molar refractivity (Wildman–Crippen MR) is 241 cm³/mol. The Morgan fingerprint density at radius 2 is 1.36 bits per heavy atom. The number of imidazole rings is 2. The zero-order chi connectivity index (χ0) is 46.0. The number of nitrogens with one attached hydrogen (secondary N) is 2. The molecule has 21 heteroatoms. The zero-order valence-electron chi connectivity index (χ0n) is 37.4. The Morgan fingerprint density at radius 3 is 1.94 bits per heavy atom. The van der Waals surface area contributed by atoms with E-state index in [1.165, 1.54) is 0 Å². The molecule has 6 N–H and O–H groups in total. The van der Waals surface area contributed by atoms with Crippen molar-refractivity contribution in [1.82, 2.24) is 48.5 Å². The summed E-state index contributed by atoms with van der Waals surface area (Å²) in [4.78, 5) is 70.7. The van der Waals surface area contributed by atoms with Crippen LogP contribution in [0.4, 0.5) is 11.9 Å². The number of hydrogen-bond acceptors (Lipinski definition) is 11. The molecule has 21 nitrogen and oxygen atoms in total. The molecule has 0 bridgehead atoms. The molecule has 338 valence electrons. The van der Waals surface area contributed by atoms with Crippen molar-refractivity contribution in [3.8, 4) is 11.5 Å². The second-order valence-electron chi connectivity index (χ2n) is 16.0. The number of amides is 4. The number of ether oxygens (including phenoxy) is 2. The molecule has 4 aromatic heterocycles. The molecule has 1 aliphatic heterocycles. The minimum Gasteiger partial charge on any atom is -0.491 e. The van der Waals surface area contributed by atoms with Crippen molar-refractivity contribution < 1.29 is 28.7 Å². The Bertz CT molecular complexity index is 2780. The van der Waals surface area contributed by atoms with Crippen LogP contribution in [0.3, 0.4) is 0 Å². The fraction of sp³-hybridized carbons (Fsp3) is 0.419. The van der Waals surface area contributed by atoms with Crippen molar-refractivity contribution in [3.05, 3.63) is 70.3 Å². The van der Waals surface area contributed by atoms with Crippen LogP contribution < -0.4 is 31.6 Å². The van der Waals surface area contributed by atoms with E-state index < -0.39 is 23.6 Å². The molecule has 0 unspecified atom stereocenters. The summed E-state index contributed by atoms with van der Waals surface area (Å²) in [5, 5.41) is 14.9. The van der Waals surface area contributed by atoms with Gasteiger partial charge in [-0.15, -0.1) is 0 Å². The molecule has 2 aromatic carbocycles. The number of primary amides is 2. The lowest BCUT2D eigenvalue weighted by atomic mass is 10.1. The van der Waals surface area contributed by atoms with Gasteiger partial charge in [0.1, 0.15) is 40.5 Å². The molecule has 0 saturated heterocycles. The Morgan fingerprint density at radius 1 is 0.797 bits per heavy atom. The van der Waals surface area contributed by atoms with Crippen LogP contribution in [0.2, 0.25) is 0 Å². The number of hydrogen-bond donors (Lipinski definition) is 4. The average molecular weight is 878 g/mol. The zero-order valence-corrected chi connectivity index (χ0v) is 37.4. The molecule has 6 aromatic rings. The number of benzene rings is 2. The number of aryl methyl sites for hydroxylation is 5. The number of nitrogens with two attached hydrogens (primary N) is 2. The lowest BCUT2D eigenvalue weighted by Gasteiger charge is -2.27. The second-order valence-corrected chi connectivity index (χ2v) is 16.0. The number of nitrogens with zero attached hydrogens (tertiary/aromatic N) is 11. The SMILES string of the molecule is CCn1nc(C)cc1C(=O)Nc1nc2cc(C(N)=O)cc(OCCCN=C(N(C)C)N(C)C)c2n1CCC[C@H]1COc2cc(C(N)=O)cc3nc(NC(=O)c4cc(C)nn4CC)n1c23. The van der Waals surface area contributed by atoms with Gasteiger partial charge in [0.2, 0.25) is 23.7 Å². The van der Waals surface area contributed by atoms with Crippen LogP contribution >= 0.6 is 0 Å². The Kier molecular flexibility index (Phi) is 12.9. The second kappa shape index (κ2) is 18.5. The normalized spacial score (nSPS) is 13.2. The van der Waals surface area contributed by atoms with E-state index in [1.54, 1.807) is 45.8 Å². The summed E-state index contributed by atoms with van der Waals surface area (Å²) >= 11 is 0. The molecule has 5 heterocycles. The summed E-state index contributed by atoms with van der Waals surface area (Å²) in [5.74, 6) is -0.0394. The molecule has 1 aliphatic rings. The van der Waals surface area contributed by atoms with Crippen LogP contribution in [-0.2, 0) is 19.6 Å². The minimum absolute atomic E-state index is 0.187. The van der Waals surface area contributed by atoms with Crippen LogP contribution in [0.1, 0.15) is 92.2 Å². The molecule has 4 amide bonds. The van der Waals surface area contributed by atoms with Crippen molar-refractivity contribution in [2.24, 2.45) is 16.5 Å². The van der Waals surface area contributed by atoms with Crippen molar-refractivity contribution in [3.63, 3.8) is 0 Å². The summed E-state index contributed by atoms with van der Waals surface area (Å²) in [7, 11) is 7.71. The van der Waals surface area contributed by atoms with E-state index in [4.69, 9.17) is 35.9 Å². The van der Waals surface area contributed by atoms with Crippen LogP contribution in [0.5, 0.6) is 11.5 Å². The first-order valence-electron chi connectivity index (χ1n) is 21.1. The topological polar surface area (TPSA) is 253 Å². The molecule has 1 atom stereocenters. The number of rotatable bonds is 17. The van der Waals surface area contributed by atoms with Crippen LogP contribution in [0.25, 0.3) is 22.1 Å². The van der Waals surface area contributed by atoms with Gasteiger partial charge in [-0.2, -0.15) is 10.2 Å². The number of carbonyl (C=O) groups is 4. The third kappa shape index (κ3) is 9.04. The van der Waals surface area contributed by atoms with E-state index in [0.717, 1.165) is 5.96 Å². The first-order valence-corrected chi connectivity index (χ1v) is 21.1. The van der Waals surface area contributed by atoms with E-state index in [1.807, 2.05) is 74.8 Å². The van der Waals surface area contributed by atoms with Crippen molar-refractivity contribution in [2.45, 2.75) is 72.6 Å². The van der Waals surface area contributed by atoms with E-state index in [0.29, 0.717) is 102 Å². The highest BCUT2D eigenvalue weighted by atomic mass is 16.5. The quantitative estimate of drug-likeness (QED) is 0.0580. The fourth-order valence-corrected chi connectivity index (χ4v) is 8.02. The first-order chi connectivity index (χ1) is 30.6. The molecule has 64 heavy (non-hydrogen) atoms. The smallest absolute Gasteiger partial charge is 0.276 e. The maximum Gasteiger partial charge on any atom is 0.276 e. The number of anilines is 2. The summed E-state index contributed by atoms with van der Waals surface area (Å²) < 4.78 is 19.7. The lowest BCUT2D eigenvalue weighted by Crippen LogP contribution is -2.35.